The average Bonchev–Trinajstić information content (AvgIpc) is 2.93. The van der Waals surface area contributed by atoms with Crippen molar-refractivity contribution in [1.82, 2.24) is 4.98 Å². The molecule has 26 heavy (non-hydrogen) atoms. The maximum Gasteiger partial charge on any atom is 0.325 e. The van der Waals surface area contributed by atoms with Gasteiger partial charge in [-0.3, -0.25) is 10.1 Å². The Hall–Kier alpha value is -3.13. The van der Waals surface area contributed by atoms with Crippen LogP contribution < -0.4 is 10.6 Å². The molecule has 1 aliphatic rings. The summed E-state index contributed by atoms with van der Waals surface area (Å²) < 4.78 is 6.07. The molecule has 130 valence electrons. The van der Waals surface area contributed by atoms with E-state index < -0.39 is 0 Å². The average molecular weight is 413 g/mol. The molecule has 0 saturated heterocycles. The number of phenols is 1. The Morgan fingerprint density at radius 2 is 2.12 bits per heavy atom. The highest BCUT2D eigenvalue weighted by Crippen LogP contribution is 2.35. The third-order valence-corrected chi connectivity index (χ3v) is 4.49. The lowest BCUT2D eigenvalue weighted by Crippen LogP contribution is -2.10. The number of aliphatic imine (C=N–C) groups is 1. The molecule has 1 amide bonds. The minimum atomic E-state index is -0.286. The Kier molecular flexibility index (Phi) is 3.96. The summed E-state index contributed by atoms with van der Waals surface area (Å²) in [6, 6.07) is 10.8. The monoisotopic (exact) mass is 412 g/mol. The normalized spacial score (nSPS) is 12.9. The summed E-state index contributed by atoms with van der Waals surface area (Å²) in [5, 5.41) is 15.7. The first-order valence-corrected chi connectivity index (χ1v) is 8.52. The van der Waals surface area contributed by atoms with Crippen molar-refractivity contribution in [3.63, 3.8) is 0 Å². The third kappa shape index (κ3) is 2.95. The summed E-state index contributed by atoms with van der Waals surface area (Å²) >= 11 is 3.25. The van der Waals surface area contributed by atoms with Crippen LogP contribution in [0.2, 0.25) is 0 Å². The number of aromatic hydroxyl groups is 1. The van der Waals surface area contributed by atoms with Gasteiger partial charge in [-0.05, 0) is 47.1 Å². The fourth-order valence-corrected chi connectivity index (χ4v) is 2.93. The second-order valence-electron chi connectivity index (χ2n) is 5.74. The van der Waals surface area contributed by atoms with Gasteiger partial charge in [0.1, 0.15) is 5.75 Å². The molecule has 0 fully saturated rings. The highest BCUT2D eigenvalue weighted by molar-refractivity contribution is 9.10. The molecule has 0 bridgehead atoms. The number of anilines is 3. The van der Waals surface area contributed by atoms with E-state index in [2.05, 4.69) is 36.5 Å². The molecule has 0 aliphatic carbocycles. The van der Waals surface area contributed by atoms with Crippen molar-refractivity contribution in [2.24, 2.45) is 4.99 Å². The summed E-state index contributed by atoms with van der Waals surface area (Å²) in [5.74, 6) is 0.340. The number of halogens is 1. The predicted molar refractivity (Wildman–Crippen MR) is 102 cm³/mol. The second kappa shape index (κ2) is 6.30. The van der Waals surface area contributed by atoms with Crippen LogP contribution in [-0.2, 0) is 0 Å². The van der Waals surface area contributed by atoms with E-state index in [-0.39, 0.29) is 23.6 Å². The lowest BCUT2D eigenvalue weighted by molar-refractivity contribution is 0.102. The lowest BCUT2D eigenvalue weighted by atomic mass is 10.1. The zero-order valence-corrected chi connectivity index (χ0v) is 15.2. The molecule has 0 unspecified atom stereocenters. The molecule has 2 aromatic carbocycles. The molecule has 8 heteroatoms. The maximum absolute atomic E-state index is 12.4. The number of nitrogens with zero attached hydrogens (tertiary/aromatic N) is 2. The molecule has 1 aromatic heterocycles. The molecule has 0 spiro atoms. The van der Waals surface area contributed by atoms with Crippen LogP contribution >= 0.6 is 15.9 Å². The van der Waals surface area contributed by atoms with E-state index in [0.29, 0.717) is 27.1 Å². The minimum absolute atomic E-state index is 0.0535. The number of aryl methyl sites for hydroxylation is 1. The number of carbonyl (C=O) groups is 1. The van der Waals surface area contributed by atoms with Crippen molar-refractivity contribution in [3.8, 4) is 5.75 Å². The zero-order valence-electron chi connectivity index (χ0n) is 13.6. The van der Waals surface area contributed by atoms with Gasteiger partial charge in [0.15, 0.2) is 5.82 Å². The largest absolute Gasteiger partial charge is 0.506 e. The number of nitrogens with one attached hydrogen (secondary N) is 2. The van der Waals surface area contributed by atoms with Gasteiger partial charge in [-0.15, -0.1) is 0 Å². The van der Waals surface area contributed by atoms with Crippen LogP contribution in [0.5, 0.6) is 5.75 Å². The molecule has 0 atom stereocenters. The SMILES string of the molecule is Cc1ccc2c(c1)C(=O)Nc1oc(N=Cc3cccc(Br)c3O)nc1N2. The number of rotatable bonds is 2. The molecule has 1 aliphatic heterocycles. The van der Waals surface area contributed by atoms with Gasteiger partial charge >= 0.3 is 6.01 Å². The Labute approximate surface area is 156 Å². The van der Waals surface area contributed by atoms with Gasteiger partial charge in [0.2, 0.25) is 5.88 Å². The summed E-state index contributed by atoms with van der Waals surface area (Å²) in [6.07, 6.45) is 1.43. The summed E-state index contributed by atoms with van der Waals surface area (Å²) in [6.45, 7) is 1.92. The van der Waals surface area contributed by atoms with Crippen LogP contribution in [0.4, 0.5) is 23.4 Å². The quantitative estimate of drug-likeness (QED) is 0.537. The number of amides is 1. The number of hydrogen-bond acceptors (Lipinski definition) is 6. The number of hydrogen-bond donors (Lipinski definition) is 3. The van der Waals surface area contributed by atoms with E-state index in [4.69, 9.17) is 4.42 Å². The molecule has 4 rings (SSSR count). The predicted octanol–water partition coefficient (Wildman–Crippen LogP) is 4.51. The van der Waals surface area contributed by atoms with E-state index in [9.17, 15) is 9.90 Å². The zero-order chi connectivity index (χ0) is 18.3. The number of benzene rings is 2. The van der Waals surface area contributed by atoms with Crippen molar-refractivity contribution in [1.29, 1.82) is 0 Å². The van der Waals surface area contributed by atoms with Crippen molar-refractivity contribution >= 4 is 51.5 Å². The Morgan fingerprint density at radius 3 is 2.96 bits per heavy atom. The van der Waals surface area contributed by atoms with Gasteiger partial charge < -0.3 is 14.8 Å². The van der Waals surface area contributed by atoms with Crippen LogP contribution in [0.3, 0.4) is 0 Å². The number of oxazole rings is 1. The Bertz CT molecular complexity index is 1060. The maximum atomic E-state index is 12.4. The number of carbonyl (C=O) groups excluding carboxylic acids is 1. The van der Waals surface area contributed by atoms with E-state index in [1.807, 2.05) is 19.1 Å². The Morgan fingerprint density at radius 1 is 1.27 bits per heavy atom. The topological polar surface area (TPSA) is 99.8 Å². The third-order valence-electron chi connectivity index (χ3n) is 3.85. The number of fused-ring (bicyclic) bond motifs is 2. The van der Waals surface area contributed by atoms with Gasteiger partial charge in [-0.2, -0.15) is 4.98 Å². The number of aromatic nitrogens is 1. The number of phenolic OH excluding ortho intramolecular Hbond substituents is 1. The molecule has 2 heterocycles. The van der Waals surface area contributed by atoms with Crippen LogP contribution in [0.1, 0.15) is 21.5 Å². The summed E-state index contributed by atoms with van der Waals surface area (Å²) in [4.78, 5) is 20.8. The molecule has 0 radical (unpaired) electrons. The fourth-order valence-electron chi connectivity index (χ4n) is 2.55. The molecular weight excluding hydrogens is 400 g/mol. The smallest absolute Gasteiger partial charge is 0.325 e. The minimum Gasteiger partial charge on any atom is -0.506 e. The second-order valence-corrected chi connectivity index (χ2v) is 6.59. The van der Waals surface area contributed by atoms with Crippen LogP contribution in [0.15, 0.2) is 50.3 Å². The van der Waals surface area contributed by atoms with Crippen LogP contribution in [0, 0.1) is 6.92 Å². The molecular formula is C18H13BrN4O3. The molecule has 7 nitrogen and oxygen atoms in total. The summed E-state index contributed by atoms with van der Waals surface area (Å²) in [5.41, 5.74) is 2.64. The van der Waals surface area contributed by atoms with Crippen molar-refractivity contribution in [2.75, 3.05) is 10.6 Å². The first-order valence-electron chi connectivity index (χ1n) is 7.72. The van der Waals surface area contributed by atoms with E-state index >= 15 is 0 Å². The van der Waals surface area contributed by atoms with Gasteiger partial charge in [-0.1, -0.05) is 17.7 Å². The first-order chi connectivity index (χ1) is 12.5. The molecule has 3 N–H and O–H groups in total. The highest BCUT2D eigenvalue weighted by Gasteiger charge is 2.23. The standard InChI is InChI=1S/C18H13BrN4O3/c1-9-5-6-13-11(7-9)16(25)23-17-15(21-13)22-18(26-17)20-8-10-3-2-4-12(19)14(10)24/h2-8,21,24H,1H3,(H,23,25). The Balaban J connectivity index is 1.66. The first kappa shape index (κ1) is 16.3. The van der Waals surface area contributed by atoms with Crippen molar-refractivity contribution in [3.05, 3.63) is 57.6 Å². The fraction of sp³-hybridized carbons (Fsp3) is 0.0556. The van der Waals surface area contributed by atoms with Crippen molar-refractivity contribution < 1.29 is 14.3 Å². The van der Waals surface area contributed by atoms with Crippen LogP contribution in [-0.4, -0.2) is 22.2 Å². The highest BCUT2D eigenvalue weighted by atomic mass is 79.9. The van der Waals surface area contributed by atoms with E-state index in [0.717, 1.165) is 5.56 Å². The van der Waals surface area contributed by atoms with Gasteiger partial charge in [0.25, 0.3) is 5.91 Å². The van der Waals surface area contributed by atoms with E-state index in [1.54, 1.807) is 24.3 Å². The lowest BCUT2D eigenvalue weighted by Gasteiger charge is -2.05. The van der Waals surface area contributed by atoms with Crippen LogP contribution in [0.25, 0.3) is 0 Å². The molecule has 0 saturated carbocycles. The number of para-hydroxylation sites is 1. The van der Waals surface area contributed by atoms with Crippen molar-refractivity contribution in [2.45, 2.75) is 6.92 Å². The summed E-state index contributed by atoms with van der Waals surface area (Å²) in [7, 11) is 0. The van der Waals surface area contributed by atoms with Gasteiger partial charge in [-0.25, -0.2) is 4.99 Å². The van der Waals surface area contributed by atoms with Gasteiger partial charge in [0.05, 0.1) is 15.7 Å². The molecule has 3 aromatic rings. The van der Waals surface area contributed by atoms with Gasteiger partial charge in [0, 0.05) is 11.8 Å². The van der Waals surface area contributed by atoms with E-state index in [1.165, 1.54) is 6.21 Å².